The molecule has 86 valence electrons. The molecule has 1 heterocycles. The molecular formula is C13H12N2O2. The van der Waals surface area contributed by atoms with Crippen LogP contribution < -0.4 is 0 Å². The number of carbonyl (C=O) groups excluding carboxylic acids is 1. The van der Waals surface area contributed by atoms with Crippen molar-refractivity contribution in [1.29, 1.82) is 0 Å². The summed E-state index contributed by atoms with van der Waals surface area (Å²) in [5, 5.41) is 0.850. The summed E-state index contributed by atoms with van der Waals surface area (Å²) in [6, 6.07) is 5.32. The summed E-state index contributed by atoms with van der Waals surface area (Å²) in [4.78, 5) is 19.8. The highest BCUT2D eigenvalue weighted by atomic mass is 16.5. The van der Waals surface area contributed by atoms with Crippen LogP contribution in [0, 0.1) is 0 Å². The summed E-state index contributed by atoms with van der Waals surface area (Å²) in [5.74, 6) is -0.0933. The molecule has 0 aliphatic rings. The van der Waals surface area contributed by atoms with Gasteiger partial charge in [-0.1, -0.05) is 0 Å². The summed E-state index contributed by atoms with van der Waals surface area (Å²) in [7, 11) is 0. The second-order valence-corrected chi connectivity index (χ2v) is 3.42. The molecule has 0 aliphatic heterocycles. The largest absolute Gasteiger partial charge is 0.501 e. The molecule has 0 radical (unpaired) electrons. The number of fused-ring (bicyclic) bond motifs is 1. The highest BCUT2D eigenvalue weighted by molar-refractivity contribution is 6.06. The zero-order chi connectivity index (χ0) is 12.1. The van der Waals surface area contributed by atoms with Crippen molar-refractivity contribution < 1.29 is 9.53 Å². The number of hydrogen-bond acceptors (Lipinski definition) is 4. The molecule has 1 aromatic heterocycles. The van der Waals surface area contributed by atoms with Crippen molar-refractivity contribution in [1.82, 2.24) is 9.97 Å². The van der Waals surface area contributed by atoms with E-state index in [1.54, 1.807) is 24.4 Å². The number of aromatic nitrogens is 2. The quantitative estimate of drug-likeness (QED) is 0.458. The lowest BCUT2D eigenvalue weighted by atomic mass is 10.1. The van der Waals surface area contributed by atoms with Crippen LogP contribution in [0.25, 0.3) is 10.9 Å². The normalized spacial score (nSPS) is 10.9. The Morgan fingerprint density at radius 2 is 2.35 bits per heavy atom. The smallest absolute Gasteiger partial charge is 0.188 e. The predicted molar refractivity (Wildman–Crippen MR) is 64.6 cm³/mol. The van der Waals surface area contributed by atoms with E-state index >= 15 is 0 Å². The van der Waals surface area contributed by atoms with E-state index in [1.807, 2.05) is 6.92 Å². The molecule has 4 nitrogen and oxygen atoms in total. The third-order valence-electron chi connectivity index (χ3n) is 2.27. The SMILES string of the molecule is CCOC=CC(=O)c1ccc2ncncc2c1. The van der Waals surface area contributed by atoms with Gasteiger partial charge in [0.1, 0.15) is 6.33 Å². The molecule has 0 bridgehead atoms. The number of carbonyl (C=O) groups is 1. The lowest BCUT2D eigenvalue weighted by Gasteiger charge is -1.99. The van der Waals surface area contributed by atoms with E-state index in [2.05, 4.69) is 9.97 Å². The van der Waals surface area contributed by atoms with E-state index in [-0.39, 0.29) is 5.78 Å². The fourth-order valence-electron chi connectivity index (χ4n) is 1.44. The van der Waals surface area contributed by atoms with Gasteiger partial charge in [-0.2, -0.15) is 0 Å². The topological polar surface area (TPSA) is 52.1 Å². The highest BCUT2D eigenvalue weighted by Gasteiger charge is 2.03. The number of ketones is 1. The molecule has 0 saturated heterocycles. The van der Waals surface area contributed by atoms with Crippen LogP contribution in [0.5, 0.6) is 0 Å². The molecular weight excluding hydrogens is 216 g/mol. The number of rotatable bonds is 4. The Morgan fingerprint density at radius 3 is 3.18 bits per heavy atom. The summed E-state index contributed by atoms with van der Waals surface area (Å²) in [5.41, 5.74) is 1.42. The van der Waals surface area contributed by atoms with E-state index in [4.69, 9.17) is 4.74 Å². The molecule has 17 heavy (non-hydrogen) atoms. The first-order valence-corrected chi connectivity index (χ1v) is 5.33. The van der Waals surface area contributed by atoms with Gasteiger partial charge in [0.25, 0.3) is 0 Å². The van der Waals surface area contributed by atoms with Crippen molar-refractivity contribution in [2.75, 3.05) is 6.61 Å². The molecule has 0 spiro atoms. The first-order valence-electron chi connectivity index (χ1n) is 5.33. The Bertz CT molecular complexity index is 564. The minimum atomic E-state index is -0.0933. The van der Waals surface area contributed by atoms with Gasteiger partial charge in [0.05, 0.1) is 18.4 Å². The highest BCUT2D eigenvalue weighted by Crippen LogP contribution is 2.13. The Labute approximate surface area is 99.0 Å². The standard InChI is InChI=1S/C13H12N2O2/c1-2-17-6-5-13(16)10-3-4-12-11(7-10)8-14-9-15-12/h3-9H,2H2,1H3. The lowest BCUT2D eigenvalue weighted by molar-refractivity contribution is 0.104. The predicted octanol–water partition coefficient (Wildman–Crippen LogP) is 2.36. The molecule has 0 atom stereocenters. The van der Waals surface area contributed by atoms with Gasteiger partial charge in [-0.25, -0.2) is 9.97 Å². The van der Waals surface area contributed by atoms with Gasteiger partial charge < -0.3 is 4.74 Å². The first-order chi connectivity index (χ1) is 8.31. The number of hydrogen-bond donors (Lipinski definition) is 0. The molecule has 2 aromatic rings. The second-order valence-electron chi connectivity index (χ2n) is 3.42. The summed E-state index contributed by atoms with van der Waals surface area (Å²) >= 11 is 0. The average molecular weight is 228 g/mol. The van der Waals surface area contributed by atoms with Crippen LogP contribution in [0.3, 0.4) is 0 Å². The molecule has 1 aromatic carbocycles. The minimum Gasteiger partial charge on any atom is -0.501 e. The lowest BCUT2D eigenvalue weighted by Crippen LogP contribution is -1.95. The zero-order valence-corrected chi connectivity index (χ0v) is 9.46. The van der Waals surface area contributed by atoms with Crippen LogP contribution in [-0.4, -0.2) is 22.4 Å². The van der Waals surface area contributed by atoms with Gasteiger partial charge >= 0.3 is 0 Å². The molecule has 4 heteroatoms. The van der Waals surface area contributed by atoms with Crippen LogP contribution in [0.15, 0.2) is 43.1 Å². The molecule has 0 N–H and O–H groups in total. The maximum Gasteiger partial charge on any atom is 0.188 e. The van der Waals surface area contributed by atoms with Crippen LogP contribution in [0.1, 0.15) is 17.3 Å². The van der Waals surface area contributed by atoms with Crippen molar-refractivity contribution >= 4 is 16.7 Å². The van der Waals surface area contributed by atoms with Gasteiger partial charge in [-0.15, -0.1) is 0 Å². The second kappa shape index (κ2) is 5.21. The summed E-state index contributed by atoms with van der Waals surface area (Å²) in [6.45, 7) is 2.41. The Hall–Kier alpha value is -2.23. The van der Waals surface area contributed by atoms with Crippen molar-refractivity contribution in [3.05, 3.63) is 48.6 Å². The number of benzene rings is 1. The maximum absolute atomic E-state index is 11.8. The van der Waals surface area contributed by atoms with Gasteiger partial charge in [-0.3, -0.25) is 4.79 Å². The van der Waals surface area contributed by atoms with E-state index < -0.39 is 0 Å². The van der Waals surface area contributed by atoms with Crippen LogP contribution in [0.4, 0.5) is 0 Å². The number of allylic oxidation sites excluding steroid dienone is 1. The van der Waals surface area contributed by atoms with E-state index in [1.165, 1.54) is 18.7 Å². The van der Waals surface area contributed by atoms with Crippen molar-refractivity contribution in [2.45, 2.75) is 6.92 Å². The van der Waals surface area contributed by atoms with Crippen LogP contribution in [0.2, 0.25) is 0 Å². The molecule has 0 unspecified atom stereocenters. The third-order valence-corrected chi connectivity index (χ3v) is 2.27. The van der Waals surface area contributed by atoms with Crippen LogP contribution >= 0.6 is 0 Å². The fourth-order valence-corrected chi connectivity index (χ4v) is 1.44. The molecule has 2 rings (SSSR count). The molecule has 0 saturated carbocycles. The Morgan fingerprint density at radius 1 is 1.47 bits per heavy atom. The fraction of sp³-hybridized carbons (Fsp3) is 0.154. The molecule has 0 amide bonds. The third kappa shape index (κ3) is 2.66. The van der Waals surface area contributed by atoms with E-state index in [0.717, 1.165) is 10.9 Å². The first kappa shape index (κ1) is 11.3. The van der Waals surface area contributed by atoms with Gasteiger partial charge in [0.15, 0.2) is 5.78 Å². The van der Waals surface area contributed by atoms with E-state index in [0.29, 0.717) is 12.2 Å². The van der Waals surface area contributed by atoms with E-state index in [9.17, 15) is 4.79 Å². The molecule has 0 aliphatic carbocycles. The summed E-state index contributed by atoms with van der Waals surface area (Å²) < 4.78 is 4.99. The number of ether oxygens (including phenoxy) is 1. The van der Waals surface area contributed by atoms with Gasteiger partial charge in [-0.05, 0) is 25.1 Å². The number of nitrogens with zero attached hydrogens (tertiary/aromatic N) is 2. The van der Waals surface area contributed by atoms with Crippen molar-refractivity contribution in [2.24, 2.45) is 0 Å². The maximum atomic E-state index is 11.8. The van der Waals surface area contributed by atoms with Gasteiger partial charge in [0.2, 0.25) is 0 Å². The average Bonchev–Trinajstić information content (AvgIpc) is 2.38. The minimum absolute atomic E-state index is 0.0933. The monoisotopic (exact) mass is 228 g/mol. The summed E-state index contributed by atoms with van der Waals surface area (Å²) in [6.07, 6.45) is 5.99. The van der Waals surface area contributed by atoms with Crippen LogP contribution in [-0.2, 0) is 4.74 Å². The Kier molecular flexibility index (Phi) is 3.45. The Balaban J connectivity index is 2.27. The molecule has 0 fully saturated rings. The van der Waals surface area contributed by atoms with Crippen molar-refractivity contribution in [3.8, 4) is 0 Å². The zero-order valence-electron chi connectivity index (χ0n) is 9.46. The van der Waals surface area contributed by atoms with Gasteiger partial charge in [0, 0.05) is 23.2 Å². The van der Waals surface area contributed by atoms with Crippen molar-refractivity contribution in [3.63, 3.8) is 0 Å².